The average Bonchev–Trinajstić information content (AvgIpc) is 2.61. The molecule has 126 valence electrons. The zero-order valence-corrected chi connectivity index (χ0v) is 14.2. The van der Waals surface area contributed by atoms with Crippen LogP contribution in [-0.4, -0.2) is 23.3 Å². The van der Waals surface area contributed by atoms with Crippen LogP contribution in [-0.2, 0) is 4.79 Å². The van der Waals surface area contributed by atoms with Crippen LogP contribution < -0.4 is 10.1 Å². The lowest BCUT2D eigenvalue weighted by Crippen LogP contribution is -2.20. The number of aromatic nitrogens is 1. The number of hydrogen-bond acceptors (Lipinski definition) is 4. The van der Waals surface area contributed by atoms with E-state index in [1.54, 1.807) is 48.7 Å². The molecule has 0 bridgehead atoms. The Morgan fingerprint density at radius 3 is 2.80 bits per heavy atom. The number of benzene rings is 2. The van der Waals surface area contributed by atoms with Crippen LogP contribution in [0.2, 0.25) is 5.02 Å². The predicted octanol–water partition coefficient (Wildman–Crippen LogP) is 4.11. The molecule has 6 heteroatoms. The number of carbonyl (C=O) groups excluding carboxylic acids is 2. The smallest absolute Gasteiger partial charge is 0.262 e. The molecule has 1 heterocycles. The molecule has 0 atom stereocenters. The van der Waals surface area contributed by atoms with Gasteiger partial charge < -0.3 is 10.1 Å². The number of amides is 1. The Kier molecular flexibility index (Phi) is 4.95. The summed E-state index contributed by atoms with van der Waals surface area (Å²) in [6, 6.07) is 13.8. The highest BCUT2D eigenvalue weighted by molar-refractivity contribution is 6.35. The molecule has 0 saturated heterocycles. The van der Waals surface area contributed by atoms with E-state index in [2.05, 4.69) is 10.3 Å². The van der Waals surface area contributed by atoms with Gasteiger partial charge in [-0.05, 0) is 43.3 Å². The highest BCUT2D eigenvalue weighted by Crippen LogP contribution is 2.29. The molecule has 2 aromatic carbocycles. The van der Waals surface area contributed by atoms with Crippen LogP contribution in [0.15, 0.2) is 54.7 Å². The van der Waals surface area contributed by atoms with Crippen LogP contribution in [0.3, 0.4) is 0 Å². The molecule has 3 aromatic rings. The van der Waals surface area contributed by atoms with Gasteiger partial charge in [0.1, 0.15) is 11.3 Å². The fourth-order valence-corrected chi connectivity index (χ4v) is 2.60. The van der Waals surface area contributed by atoms with E-state index >= 15 is 0 Å². The Balaban J connectivity index is 1.70. The van der Waals surface area contributed by atoms with Crippen molar-refractivity contribution in [2.24, 2.45) is 0 Å². The minimum atomic E-state index is -0.334. The highest BCUT2D eigenvalue weighted by Gasteiger charge is 2.10. The molecule has 0 spiro atoms. The molecule has 0 radical (unpaired) electrons. The summed E-state index contributed by atoms with van der Waals surface area (Å²) in [5.41, 5.74) is 1.67. The Bertz CT molecular complexity index is 956. The Morgan fingerprint density at radius 1 is 1.16 bits per heavy atom. The van der Waals surface area contributed by atoms with Crippen molar-refractivity contribution >= 4 is 39.9 Å². The van der Waals surface area contributed by atoms with Crippen LogP contribution in [0.5, 0.6) is 5.75 Å². The van der Waals surface area contributed by atoms with Crippen molar-refractivity contribution < 1.29 is 14.3 Å². The van der Waals surface area contributed by atoms with Crippen molar-refractivity contribution in [3.8, 4) is 5.75 Å². The number of rotatable bonds is 5. The van der Waals surface area contributed by atoms with Crippen LogP contribution in [0, 0.1) is 0 Å². The van der Waals surface area contributed by atoms with E-state index in [4.69, 9.17) is 16.3 Å². The topological polar surface area (TPSA) is 68.3 Å². The van der Waals surface area contributed by atoms with Crippen LogP contribution in [0.4, 0.5) is 5.69 Å². The number of halogens is 1. The highest BCUT2D eigenvalue weighted by atomic mass is 35.5. The minimum absolute atomic E-state index is 0.0638. The van der Waals surface area contributed by atoms with Gasteiger partial charge in [0, 0.05) is 22.8 Å². The van der Waals surface area contributed by atoms with Gasteiger partial charge in [0.25, 0.3) is 5.91 Å². The van der Waals surface area contributed by atoms with Crippen molar-refractivity contribution in [3.05, 3.63) is 65.3 Å². The van der Waals surface area contributed by atoms with Crippen LogP contribution in [0.25, 0.3) is 10.9 Å². The normalized spacial score (nSPS) is 10.5. The summed E-state index contributed by atoms with van der Waals surface area (Å²) in [4.78, 5) is 27.7. The summed E-state index contributed by atoms with van der Waals surface area (Å²) in [6.45, 7) is 1.29. The molecule has 0 fully saturated rings. The van der Waals surface area contributed by atoms with Gasteiger partial charge in [0.15, 0.2) is 12.4 Å². The second-order valence-corrected chi connectivity index (χ2v) is 5.83. The summed E-state index contributed by atoms with van der Waals surface area (Å²) in [7, 11) is 0. The first kappa shape index (κ1) is 16.9. The van der Waals surface area contributed by atoms with Crippen molar-refractivity contribution in [2.45, 2.75) is 6.92 Å². The molecular formula is C19H15ClN2O3. The van der Waals surface area contributed by atoms with Crippen molar-refractivity contribution in [1.82, 2.24) is 4.98 Å². The Hall–Kier alpha value is -2.92. The standard InChI is InChI=1S/C19H15ClN2O3/c1-12(23)13-4-2-5-14(10-13)22-18(24)11-25-17-8-7-16(20)15-6-3-9-21-19(15)17/h2-10H,11H2,1H3,(H,22,24). The molecule has 0 aliphatic carbocycles. The van der Waals surface area contributed by atoms with E-state index in [0.29, 0.717) is 27.5 Å². The molecule has 3 rings (SSSR count). The number of nitrogens with one attached hydrogen (secondary N) is 1. The van der Waals surface area contributed by atoms with Crippen LogP contribution in [0.1, 0.15) is 17.3 Å². The van der Waals surface area contributed by atoms with Crippen molar-refractivity contribution in [1.29, 1.82) is 0 Å². The maximum absolute atomic E-state index is 12.1. The summed E-state index contributed by atoms with van der Waals surface area (Å²) in [5, 5.41) is 4.03. The lowest BCUT2D eigenvalue weighted by molar-refractivity contribution is -0.118. The number of nitrogens with zero attached hydrogens (tertiary/aromatic N) is 1. The van der Waals surface area contributed by atoms with Gasteiger partial charge in [-0.25, -0.2) is 0 Å². The number of hydrogen-bond donors (Lipinski definition) is 1. The lowest BCUT2D eigenvalue weighted by Gasteiger charge is -2.10. The monoisotopic (exact) mass is 354 g/mol. The number of Topliss-reactive ketones (excluding diaryl/α,β-unsaturated/α-hetero) is 1. The maximum atomic E-state index is 12.1. The van der Waals surface area contributed by atoms with Crippen molar-refractivity contribution in [3.63, 3.8) is 0 Å². The molecule has 1 aromatic heterocycles. The van der Waals surface area contributed by atoms with Gasteiger partial charge in [0.05, 0.1) is 5.02 Å². The molecule has 5 nitrogen and oxygen atoms in total. The van der Waals surface area contributed by atoms with E-state index < -0.39 is 0 Å². The van der Waals surface area contributed by atoms with E-state index in [1.807, 2.05) is 6.07 Å². The third-order valence-corrected chi connectivity index (χ3v) is 3.92. The minimum Gasteiger partial charge on any atom is -0.481 e. The third-order valence-electron chi connectivity index (χ3n) is 3.59. The molecule has 25 heavy (non-hydrogen) atoms. The third kappa shape index (κ3) is 3.95. The first-order chi connectivity index (χ1) is 12.0. The van der Waals surface area contributed by atoms with E-state index in [9.17, 15) is 9.59 Å². The number of carbonyl (C=O) groups is 2. The fourth-order valence-electron chi connectivity index (χ4n) is 2.38. The van der Waals surface area contributed by atoms with E-state index in [-0.39, 0.29) is 18.3 Å². The summed E-state index contributed by atoms with van der Waals surface area (Å²) < 4.78 is 5.59. The molecule has 1 N–H and O–H groups in total. The SMILES string of the molecule is CC(=O)c1cccc(NC(=O)COc2ccc(Cl)c3cccnc23)c1. The van der Waals surface area contributed by atoms with E-state index in [0.717, 1.165) is 5.39 Å². The largest absolute Gasteiger partial charge is 0.481 e. The molecule has 0 aliphatic rings. The Labute approximate surface area is 149 Å². The average molecular weight is 355 g/mol. The molecule has 1 amide bonds. The van der Waals surface area contributed by atoms with Crippen LogP contribution >= 0.6 is 11.6 Å². The number of anilines is 1. The van der Waals surface area contributed by atoms with Gasteiger partial charge in [-0.2, -0.15) is 0 Å². The zero-order valence-electron chi connectivity index (χ0n) is 13.5. The second kappa shape index (κ2) is 7.32. The number of ether oxygens (including phenoxy) is 1. The molecule has 0 aliphatic heterocycles. The van der Waals surface area contributed by atoms with Crippen molar-refractivity contribution in [2.75, 3.05) is 11.9 Å². The number of fused-ring (bicyclic) bond motifs is 1. The lowest BCUT2D eigenvalue weighted by atomic mass is 10.1. The zero-order chi connectivity index (χ0) is 17.8. The number of ketones is 1. The molecular weight excluding hydrogens is 340 g/mol. The van der Waals surface area contributed by atoms with Gasteiger partial charge in [-0.1, -0.05) is 23.7 Å². The predicted molar refractivity (Wildman–Crippen MR) is 97.3 cm³/mol. The number of pyridine rings is 1. The molecule has 0 saturated carbocycles. The summed E-state index contributed by atoms with van der Waals surface area (Å²) in [6.07, 6.45) is 1.64. The summed E-state index contributed by atoms with van der Waals surface area (Å²) in [5.74, 6) is 0.0819. The van der Waals surface area contributed by atoms with Gasteiger partial charge in [-0.15, -0.1) is 0 Å². The second-order valence-electron chi connectivity index (χ2n) is 5.42. The Morgan fingerprint density at radius 2 is 2.00 bits per heavy atom. The molecule has 0 unspecified atom stereocenters. The maximum Gasteiger partial charge on any atom is 0.262 e. The van der Waals surface area contributed by atoms with Gasteiger partial charge in [0.2, 0.25) is 0 Å². The fraction of sp³-hybridized carbons (Fsp3) is 0.105. The van der Waals surface area contributed by atoms with Gasteiger partial charge in [-0.3, -0.25) is 14.6 Å². The van der Waals surface area contributed by atoms with Gasteiger partial charge >= 0.3 is 0 Å². The quantitative estimate of drug-likeness (QED) is 0.700. The van der Waals surface area contributed by atoms with E-state index in [1.165, 1.54) is 6.92 Å². The summed E-state index contributed by atoms with van der Waals surface area (Å²) >= 11 is 6.14. The first-order valence-corrected chi connectivity index (χ1v) is 7.99. The first-order valence-electron chi connectivity index (χ1n) is 7.61.